The van der Waals surface area contributed by atoms with E-state index in [0.717, 1.165) is 47.8 Å². The van der Waals surface area contributed by atoms with Crippen LogP contribution in [0.3, 0.4) is 0 Å². The van der Waals surface area contributed by atoms with E-state index in [2.05, 4.69) is 36.8 Å². The fourth-order valence-electron chi connectivity index (χ4n) is 3.98. The number of benzene rings is 1. The van der Waals surface area contributed by atoms with Crippen LogP contribution in [0.2, 0.25) is 5.02 Å². The second kappa shape index (κ2) is 7.26. The molecule has 1 saturated carbocycles. The Morgan fingerprint density at radius 2 is 2.00 bits per heavy atom. The van der Waals surface area contributed by atoms with Gasteiger partial charge in [0, 0.05) is 44.2 Å². The number of tetrazole rings is 1. The summed E-state index contributed by atoms with van der Waals surface area (Å²) in [6.45, 7) is 1.60. The average molecular weight is 414 g/mol. The molecule has 3 aromatic rings. The van der Waals surface area contributed by atoms with Crippen LogP contribution in [0.5, 0.6) is 0 Å². The van der Waals surface area contributed by atoms with Crippen molar-refractivity contribution < 1.29 is 6.22 Å². The molecule has 1 amide bonds. The Balaban J connectivity index is 0.00000218. The van der Waals surface area contributed by atoms with Gasteiger partial charge in [0.25, 0.3) is 5.91 Å². The van der Waals surface area contributed by atoms with E-state index in [0.29, 0.717) is 11.5 Å². The minimum absolute atomic E-state index is 0. The van der Waals surface area contributed by atoms with Crippen LogP contribution >= 0.6 is 11.6 Å². The van der Waals surface area contributed by atoms with Gasteiger partial charge in [-0.1, -0.05) is 16.7 Å². The van der Waals surface area contributed by atoms with E-state index < -0.39 is 0 Å². The molecule has 1 saturated heterocycles. The molecule has 3 heterocycles. The van der Waals surface area contributed by atoms with Crippen LogP contribution < -0.4 is 10.2 Å². The maximum absolute atomic E-state index is 12.8. The molecule has 5 rings (SSSR count). The van der Waals surface area contributed by atoms with Gasteiger partial charge in [-0.05, 0) is 65.8 Å². The van der Waals surface area contributed by atoms with E-state index in [1.807, 2.05) is 19.2 Å². The number of hydrogen-bond acceptors (Lipinski definition) is 6. The lowest BCUT2D eigenvalue weighted by Crippen LogP contribution is -2.45. The number of anilines is 1. The molecular formula is C20H24ClN7O. The Hall–Kier alpha value is -2.74. The van der Waals surface area contributed by atoms with E-state index in [1.54, 1.807) is 10.9 Å². The Morgan fingerprint density at radius 3 is 2.69 bits per heavy atom. The summed E-state index contributed by atoms with van der Waals surface area (Å²) in [6, 6.07) is 5.99. The van der Waals surface area contributed by atoms with E-state index in [9.17, 15) is 4.79 Å². The van der Waals surface area contributed by atoms with E-state index >= 15 is 0 Å². The molecule has 1 N–H and O–H groups in total. The van der Waals surface area contributed by atoms with E-state index in [4.69, 9.17) is 11.6 Å². The molecule has 8 nitrogen and oxygen atoms in total. The summed E-state index contributed by atoms with van der Waals surface area (Å²) in [7, 11) is 1.83. The zero-order valence-corrected chi connectivity index (χ0v) is 16.9. The van der Waals surface area contributed by atoms with Gasteiger partial charge in [0.05, 0.1) is 11.1 Å². The summed E-state index contributed by atoms with van der Waals surface area (Å²) in [5.41, 5.74) is 2.62. The van der Waals surface area contributed by atoms with Crippen molar-refractivity contribution >= 4 is 34.4 Å². The van der Waals surface area contributed by atoms with Crippen molar-refractivity contribution in [3.05, 3.63) is 40.5 Å². The minimum Gasteiger partial charge on any atom is -0.349 e. The van der Waals surface area contributed by atoms with Crippen molar-refractivity contribution in [1.29, 1.82) is 0 Å². The molecular weight excluding hydrogens is 390 g/mol. The number of nitrogens with one attached hydrogen (secondary N) is 1. The van der Waals surface area contributed by atoms with Crippen LogP contribution in [0.15, 0.2) is 24.4 Å². The van der Waals surface area contributed by atoms with Crippen LogP contribution in [0, 0.1) is 0 Å². The number of pyridine rings is 1. The van der Waals surface area contributed by atoms with Crippen LogP contribution in [-0.2, 0) is 7.05 Å². The number of aryl methyl sites for hydroxylation is 1. The first kappa shape index (κ1) is 18.3. The second-order valence-corrected chi connectivity index (χ2v) is 8.31. The Bertz CT molecular complexity index is 1080. The van der Waals surface area contributed by atoms with Crippen LogP contribution in [0.25, 0.3) is 10.9 Å². The summed E-state index contributed by atoms with van der Waals surface area (Å²) in [5.74, 6) is 1.23. The normalized spacial score (nSPS) is 17.7. The highest BCUT2D eigenvalue weighted by atomic mass is 35.5. The first-order valence-corrected chi connectivity index (χ1v) is 10.3. The molecule has 9 heteroatoms. The lowest BCUT2D eigenvalue weighted by atomic mass is 10.0. The molecule has 0 radical (unpaired) electrons. The monoisotopic (exact) mass is 413 g/mol. The zero-order valence-electron chi connectivity index (χ0n) is 16.2. The van der Waals surface area contributed by atoms with Gasteiger partial charge in [0.1, 0.15) is 0 Å². The number of carbonyl (C=O) groups excluding carboxylic acids is 1. The van der Waals surface area contributed by atoms with Crippen molar-refractivity contribution in [2.75, 3.05) is 18.0 Å². The highest BCUT2D eigenvalue weighted by molar-refractivity contribution is 6.32. The Morgan fingerprint density at radius 1 is 1.21 bits per heavy atom. The molecule has 2 aromatic heterocycles. The fourth-order valence-corrected chi connectivity index (χ4v) is 4.31. The quantitative estimate of drug-likeness (QED) is 0.707. The fraction of sp³-hybridized carbons (Fsp3) is 0.450. The van der Waals surface area contributed by atoms with Crippen LogP contribution in [0.1, 0.15) is 48.9 Å². The number of halogens is 1. The van der Waals surface area contributed by atoms with Gasteiger partial charge in [-0.2, -0.15) is 0 Å². The molecule has 1 aliphatic heterocycles. The lowest BCUT2D eigenvalue weighted by Gasteiger charge is -2.32. The summed E-state index contributed by atoms with van der Waals surface area (Å²) < 4.78 is 1.67. The Kier molecular flexibility index (Phi) is 4.58. The third kappa shape index (κ3) is 3.64. The molecule has 1 aliphatic carbocycles. The molecule has 0 atom stereocenters. The minimum atomic E-state index is -0.0967. The van der Waals surface area contributed by atoms with Gasteiger partial charge >= 0.3 is 0 Å². The molecule has 0 unspecified atom stereocenters. The number of aromatic nitrogens is 5. The third-order valence-electron chi connectivity index (χ3n) is 5.79. The molecule has 1 aromatic carbocycles. The Labute approximate surface area is 174 Å². The molecule has 0 spiro atoms. The van der Waals surface area contributed by atoms with Gasteiger partial charge < -0.3 is 10.2 Å². The van der Waals surface area contributed by atoms with Gasteiger partial charge in [0.15, 0.2) is 0 Å². The predicted molar refractivity (Wildman–Crippen MR) is 112 cm³/mol. The van der Waals surface area contributed by atoms with E-state index in [1.165, 1.54) is 18.4 Å². The average Bonchev–Trinajstić information content (AvgIpc) is 3.48. The first-order valence-electron chi connectivity index (χ1n) is 9.96. The van der Waals surface area contributed by atoms with Gasteiger partial charge in [0.2, 0.25) is 5.95 Å². The summed E-state index contributed by atoms with van der Waals surface area (Å²) >= 11 is 6.44. The van der Waals surface area contributed by atoms with E-state index in [-0.39, 0.29) is 13.4 Å². The number of rotatable bonds is 4. The number of piperidine rings is 1. The maximum Gasteiger partial charge on any atom is 0.253 e. The molecule has 2 aliphatic rings. The second-order valence-electron chi connectivity index (χ2n) is 7.90. The summed E-state index contributed by atoms with van der Waals surface area (Å²) in [5, 5.41) is 16.4. The smallest absolute Gasteiger partial charge is 0.253 e. The number of amides is 1. The van der Waals surface area contributed by atoms with Gasteiger partial charge in [-0.15, -0.1) is 0 Å². The topological polar surface area (TPSA) is 88.8 Å². The first-order chi connectivity index (χ1) is 14.1. The van der Waals surface area contributed by atoms with Crippen molar-refractivity contribution in [3.63, 3.8) is 0 Å². The molecule has 0 bridgehead atoms. The van der Waals surface area contributed by atoms with Gasteiger partial charge in [-0.25, -0.2) is 4.68 Å². The number of hydrogen-bond donors (Lipinski definition) is 1. The van der Waals surface area contributed by atoms with Crippen LogP contribution in [0.4, 0.5) is 5.95 Å². The summed E-state index contributed by atoms with van der Waals surface area (Å²) in [6.07, 6.45) is 5.73. The lowest BCUT2D eigenvalue weighted by molar-refractivity contribution is 0.0931. The van der Waals surface area contributed by atoms with Gasteiger partial charge in [-0.3, -0.25) is 9.78 Å². The molecule has 152 valence electrons. The van der Waals surface area contributed by atoms with Crippen molar-refractivity contribution in [2.45, 2.75) is 37.6 Å². The summed E-state index contributed by atoms with van der Waals surface area (Å²) in [4.78, 5) is 19.4. The zero-order chi connectivity index (χ0) is 20.0. The predicted octanol–water partition coefficient (Wildman–Crippen LogP) is 2.93. The highest BCUT2D eigenvalue weighted by Crippen LogP contribution is 2.44. The molecule has 2 fully saturated rings. The highest BCUT2D eigenvalue weighted by Gasteiger charge is 2.27. The number of fused-ring (bicyclic) bond motifs is 1. The standard InChI is InChI=1S/C20H22ClN7O.H2/c1-27-20(24-25-26-27)28-6-4-15(5-7-28)23-19(29)14-8-13-9-17(21)16(12-2-3-12)10-18(13)22-11-14;/h8-12,15H,2-7H2,1H3,(H,23,29);1H. The number of carbonyl (C=O) groups is 1. The van der Waals surface area contributed by atoms with Crippen molar-refractivity contribution in [2.24, 2.45) is 7.05 Å². The third-order valence-corrected chi connectivity index (χ3v) is 6.12. The number of nitrogens with zero attached hydrogens (tertiary/aromatic N) is 6. The van der Waals surface area contributed by atoms with Crippen molar-refractivity contribution in [3.8, 4) is 0 Å². The van der Waals surface area contributed by atoms with Crippen LogP contribution in [-0.4, -0.2) is 50.2 Å². The molecule has 29 heavy (non-hydrogen) atoms. The van der Waals surface area contributed by atoms with Crippen molar-refractivity contribution in [1.82, 2.24) is 30.5 Å². The SMILES string of the molecule is Cn1nnnc1N1CCC(NC(=O)c2cnc3cc(C4CC4)c(Cl)cc3c2)CC1.[HH]. The maximum atomic E-state index is 12.8. The largest absolute Gasteiger partial charge is 0.349 e.